The first-order valence-corrected chi connectivity index (χ1v) is 7.91. The molecule has 0 spiro atoms. The molecule has 0 aromatic heterocycles. The smallest absolute Gasteiger partial charge is 0.321 e. The summed E-state index contributed by atoms with van der Waals surface area (Å²) in [5.41, 5.74) is 8.05. The van der Waals surface area contributed by atoms with E-state index >= 15 is 0 Å². The fourth-order valence-corrected chi connectivity index (χ4v) is 3.04. The normalized spacial score (nSPS) is 18.6. The van der Waals surface area contributed by atoms with Crippen molar-refractivity contribution in [2.24, 2.45) is 11.1 Å². The van der Waals surface area contributed by atoms with Gasteiger partial charge in [-0.2, -0.15) is 0 Å². The van der Waals surface area contributed by atoms with Crippen molar-refractivity contribution >= 4 is 11.7 Å². The Hall–Kier alpha value is -1.55. The van der Waals surface area contributed by atoms with Crippen molar-refractivity contribution in [1.29, 1.82) is 0 Å². The maximum absolute atomic E-state index is 12.4. The summed E-state index contributed by atoms with van der Waals surface area (Å²) in [5, 5.41) is 3.00. The van der Waals surface area contributed by atoms with Gasteiger partial charge in [-0.25, -0.2) is 4.79 Å². The number of rotatable bonds is 4. The topological polar surface area (TPSA) is 58.4 Å². The van der Waals surface area contributed by atoms with E-state index in [9.17, 15) is 4.79 Å². The van der Waals surface area contributed by atoms with E-state index in [2.05, 4.69) is 19.2 Å². The SMILES string of the molecule is CCC1(CC)CCN(C(=O)Nc2cccc(C(C)N)c2)C1. The number of likely N-dealkylation sites (tertiary alicyclic amines) is 1. The minimum atomic E-state index is -0.0264. The molecule has 0 aliphatic carbocycles. The zero-order valence-corrected chi connectivity index (χ0v) is 13.4. The Bertz CT molecular complexity index is 495. The molecule has 4 heteroatoms. The van der Waals surface area contributed by atoms with E-state index in [0.717, 1.165) is 43.6 Å². The van der Waals surface area contributed by atoms with Crippen LogP contribution in [0.15, 0.2) is 24.3 Å². The van der Waals surface area contributed by atoms with E-state index in [-0.39, 0.29) is 12.1 Å². The number of nitrogens with zero attached hydrogens (tertiary/aromatic N) is 1. The number of hydrogen-bond acceptors (Lipinski definition) is 2. The van der Waals surface area contributed by atoms with Gasteiger partial charge in [0.15, 0.2) is 0 Å². The molecular weight excluding hydrogens is 262 g/mol. The van der Waals surface area contributed by atoms with Gasteiger partial charge in [0.1, 0.15) is 0 Å². The molecule has 0 radical (unpaired) electrons. The summed E-state index contributed by atoms with van der Waals surface area (Å²) in [6.07, 6.45) is 3.37. The van der Waals surface area contributed by atoms with E-state index in [1.54, 1.807) is 0 Å². The quantitative estimate of drug-likeness (QED) is 0.887. The number of benzene rings is 1. The average molecular weight is 289 g/mol. The summed E-state index contributed by atoms with van der Waals surface area (Å²) in [4.78, 5) is 14.3. The first kappa shape index (κ1) is 15.8. The van der Waals surface area contributed by atoms with Crippen LogP contribution in [-0.4, -0.2) is 24.0 Å². The number of hydrogen-bond donors (Lipinski definition) is 2. The first-order chi connectivity index (χ1) is 9.99. The van der Waals surface area contributed by atoms with Crippen LogP contribution in [-0.2, 0) is 0 Å². The van der Waals surface area contributed by atoms with Crippen molar-refractivity contribution in [1.82, 2.24) is 4.90 Å². The van der Waals surface area contributed by atoms with Gasteiger partial charge in [-0.3, -0.25) is 0 Å². The molecule has 1 atom stereocenters. The van der Waals surface area contributed by atoms with E-state index in [1.165, 1.54) is 0 Å². The zero-order valence-electron chi connectivity index (χ0n) is 13.4. The summed E-state index contributed by atoms with van der Waals surface area (Å²) >= 11 is 0. The molecule has 4 nitrogen and oxygen atoms in total. The lowest BCUT2D eigenvalue weighted by molar-refractivity contribution is 0.209. The van der Waals surface area contributed by atoms with Gasteiger partial charge in [0.25, 0.3) is 0 Å². The van der Waals surface area contributed by atoms with Gasteiger partial charge in [-0.05, 0) is 49.3 Å². The highest BCUT2D eigenvalue weighted by Crippen LogP contribution is 2.37. The van der Waals surface area contributed by atoms with E-state index in [1.807, 2.05) is 36.1 Å². The van der Waals surface area contributed by atoms with Gasteiger partial charge in [-0.1, -0.05) is 26.0 Å². The lowest BCUT2D eigenvalue weighted by Crippen LogP contribution is -2.35. The van der Waals surface area contributed by atoms with Gasteiger partial charge < -0.3 is 16.0 Å². The molecule has 0 bridgehead atoms. The maximum atomic E-state index is 12.4. The van der Waals surface area contributed by atoms with Gasteiger partial charge in [-0.15, -0.1) is 0 Å². The number of anilines is 1. The molecule has 21 heavy (non-hydrogen) atoms. The molecular formula is C17H27N3O. The van der Waals surface area contributed by atoms with Gasteiger partial charge in [0.2, 0.25) is 0 Å². The summed E-state index contributed by atoms with van der Waals surface area (Å²) in [5.74, 6) is 0. The largest absolute Gasteiger partial charge is 0.324 e. The van der Waals surface area contributed by atoms with E-state index < -0.39 is 0 Å². The van der Waals surface area contributed by atoms with Crippen LogP contribution in [0.3, 0.4) is 0 Å². The molecule has 1 aromatic rings. The maximum Gasteiger partial charge on any atom is 0.321 e. The van der Waals surface area contributed by atoms with Crippen LogP contribution in [0.1, 0.15) is 51.6 Å². The van der Waals surface area contributed by atoms with Gasteiger partial charge in [0.05, 0.1) is 0 Å². The molecule has 1 aliphatic heterocycles. The predicted octanol–water partition coefficient (Wildman–Crippen LogP) is 3.75. The van der Waals surface area contributed by atoms with Crippen molar-refractivity contribution in [3.8, 4) is 0 Å². The molecule has 0 saturated carbocycles. The van der Waals surface area contributed by atoms with E-state index in [4.69, 9.17) is 5.73 Å². The summed E-state index contributed by atoms with van der Waals surface area (Å²) in [6.45, 7) is 8.09. The zero-order chi connectivity index (χ0) is 15.5. The average Bonchev–Trinajstić information content (AvgIpc) is 2.93. The van der Waals surface area contributed by atoms with Crippen LogP contribution >= 0.6 is 0 Å². The number of carbonyl (C=O) groups excluding carboxylic acids is 1. The molecule has 116 valence electrons. The van der Waals surface area contributed by atoms with Gasteiger partial charge >= 0.3 is 6.03 Å². The van der Waals surface area contributed by atoms with Crippen molar-refractivity contribution in [2.75, 3.05) is 18.4 Å². The standard InChI is InChI=1S/C17H27N3O/c1-4-17(5-2)9-10-20(12-17)16(21)19-15-8-6-7-14(11-15)13(3)18/h6-8,11,13H,4-5,9-10,12,18H2,1-3H3,(H,19,21). The van der Waals surface area contributed by atoms with Crippen molar-refractivity contribution in [3.05, 3.63) is 29.8 Å². The molecule has 1 saturated heterocycles. The van der Waals surface area contributed by atoms with Crippen LogP contribution in [0.4, 0.5) is 10.5 Å². The highest BCUT2D eigenvalue weighted by atomic mass is 16.2. The lowest BCUT2D eigenvalue weighted by atomic mass is 9.82. The monoisotopic (exact) mass is 289 g/mol. The van der Waals surface area contributed by atoms with Crippen molar-refractivity contribution in [2.45, 2.75) is 46.1 Å². The van der Waals surface area contributed by atoms with E-state index in [0.29, 0.717) is 5.41 Å². The van der Waals surface area contributed by atoms with Crippen LogP contribution in [0.5, 0.6) is 0 Å². The lowest BCUT2D eigenvalue weighted by Gasteiger charge is -2.26. The fourth-order valence-electron chi connectivity index (χ4n) is 3.04. The number of carbonyl (C=O) groups is 1. The van der Waals surface area contributed by atoms with Gasteiger partial charge in [0, 0.05) is 24.8 Å². The fraction of sp³-hybridized carbons (Fsp3) is 0.588. The number of nitrogens with two attached hydrogens (primary N) is 1. The Labute approximate surface area is 127 Å². The second-order valence-electron chi connectivity index (χ2n) is 6.22. The minimum Gasteiger partial charge on any atom is -0.324 e. The highest BCUT2D eigenvalue weighted by molar-refractivity contribution is 5.89. The second-order valence-corrected chi connectivity index (χ2v) is 6.22. The molecule has 1 aromatic carbocycles. The third-order valence-corrected chi connectivity index (χ3v) is 4.89. The van der Waals surface area contributed by atoms with Crippen molar-refractivity contribution in [3.63, 3.8) is 0 Å². The predicted molar refractivity (Wildman–Crippen MR) is 87.3 cm³/mol. The van der Waals surface area contributed by atoms with Crippen LogP contribution in [0.25, 0.3) is 0 Å². The third kappa shape index (κ3) is 3.56. The van der Waals surface area contributed by atoms with Crippen LogP contribution in [0.2, 0.25) is 0 Å². The second kappa shape index (κ2) is 6.48. The third-order valence-electron chi connectivity index (χ3n) is 4.89. The molecule has 2 amide bonds. The number of nitrogens with one attached hydrogen (secondary N) is 1. The number of amides is 2. The van der Waals surface area contributed by atoms with Crippen LogP contribution in [0, 0.1) is 5.41 Å². The Morgan fingerprint density at radius 1 is 1.43 bits per heavy atom. The first-order valence-electron chi connectivity index (χ1n) is 7.91. The van der Waals surface area contributed by atoms with Crippen molar-refractivity contribution < 1.29 is 4.79 Å². The molecule has 3 N–H and O–H groups in total. The Morgan fingerprint density at radius 2 is 2.14 bits per heavy atom. The summed E-state index contributed by atoms with van der Waals surface area (Å²) < 4.78 is 0. The minimum absolute atomic E-state index is 0.000555. The van der Waals surface area contributed by atoms with Crippen LogP contribution < -0.4 is 11.1 Å². The Morgan fingerprint density at radius 3 is 2.71 bits per heavy atom. The highest BCUT2D eigenvalue weighted by Gasteiger charge is 2.36. The molecule has 1 fully saturated rings. The molecule has 1 unspecified atom stereocenters. The summed E-state index contributed by atoms with van der Waals surface area (Å²) in [6, 6.07) is 7.75. The Balaban J connectivity index is 2.01. The Kier molecular flexibility index (Phi) is 4.88. The summed E-state index contributed by atoms with van der Waals surface area (Å²) in [7, 11) is 0. The number of urea groups is 1. The molecule has 1 aliphatic rings. The molecule has 2 rings (SSSR count). The molecule has 1 heterocycles.